The molecule has 2 rings (SSSR count). The Morgan fingerprint density at radius 1 is 1.29 bits per heavy atom. The van der Waals surface area contributed by atoms with Crippen LogP contribution in [0.15, 0.2) is 30.3 Å². The number of nitrogens with one attached hydrogen (secondary N) is 1. The number of aliphatic hydroxyl groups excluding tert-OH is 1. The molecule has 2 N–H and O–H groups in total. The first-order chi connectivity index (χ1) is 10.2. The van der Waals surface area contributed by atoms with E-state index in [2.05, 4.69) is 54.4 Å². The SMILES string of the molecule is CCNCC(C)(CN(CCO)C1CCC1)c1ccccc1. The summed E-state index contributed by atoms with van der Waals surface area (Å²) in [4.78, 5) is 2.49. The number of hydrogen-bond donors (Lipinski definition) is 2. The first kappa shape index (κ1) is 16.5. The average molecular weight is 290 g/mol. The molecule has 0 spiro atoms. The molecule has 0 heterocycles. The van der Waals surface area contributed by atoms with Crippen LogP contribution >= 0.6 is 0 Å². The number of aliphatic hydroxyl groups is 1. The lowest BCUT2D eigenvalue weighted by molar-refractivity contribution is 0.0789. The van der Waals surface area contributed by atoms with Crippen molar-refractivity contribution >= 4 is 0 Å². The van der Waals surface area contributed by atoms with Gasteiger partial charge in [-0.25, -0.2) is 0 Å². The lowest BCUT2D eigenvalue weighted by Crippen LogP contribution is -2.51. The fourth-order valence-corrected chi connectivity index (χ4v) is 3.21. The van der Waals surface area contributed by atoms with Crippen molar-refractivity contribution in [2.24, 2.45) is 0 Å². The predicted octanol–water partition coefficient (Wildman–Crippen LogP) is 2.40. The third kappa shape index (κ3) is 4.29. The molecule has 0 amide bonds. The minimum absolute atomic E-state index is 0.0853. The number of benzene rings is 1. The van der Waals surface area contributed by atoms with E-state index in [0.717, 1.165) is 26.2 Å². The number of rotatable bonds is 9. The molecule has 3 nitrogen and oxygen atoms in total. The molecule has 1 atom stereocenters. The Kier molecular flexibility index (Phi) is 6.22. The van der Waals surface area contributed by atoms with Crippen LogP contribution < -0.4 is 5.32 Å². The standard InChI is InChI=1S/C18H30N2O/c1-3-19-14-18(2,16-8-5-4-6-9-16)15-20(12-13-21)17-10-7-11-17/h4-6,8-9,17,19,21H,3,7,10-15H2,1-2H3. The van der Waals surface area contributed by atoms with Crippen molar-refractivity contribution < 1.29 is 5.11 Å². The number of likely N-dealkylation sites (N-methyl/N-ethyl adjacent to an activating group) is 1. The van der Waals surface area contributed by atoms with Crippen molar-refractivity contribution in [1.82, 2.24) is 10.2 Å². The van der Waals surface area contributed by atoms with E-state index in [1.165, 1.54) is 24.8 Å². The zero-order valence-electron chi connectivity index (χ0n) is 13.5. The first-order valence-corrected chi connectivity index (χ1v) is 8.31. The van der Waals surface area contributed by atoms with Gasteiger partial charge >= 0.3 is 0 Å². The van der Waals surface area contributed by atoms with Gasteiger partial charge in [-0.2, -0.15) is 0 Å². The summed E-state index contributed by atoms with van der Waals surface area (Å²) in [5.41, 5.74) is 1.47. The molecule has 0 aliphatic heterocycles. The van der Waals surface area contributed by atoms with Crippen LogP contribution in [-0.2, 0) is 5.41 Å². The van der Waals surface area contributed by atoms with Gasteiger partial charge in [0.05, 0.1) is 6.61 Å². The van der Waals surface area contributed by atoms with Crippen LogP contribution in [0.1, 0.15) is 38.7 Å². The van der Waals surface area contributed by atoms with Crippen LogP contribution in [0, 0.1) is 0 Å². The molecular formula is C18H30N2O. The van der Waals surface area contributed by atoms with Crippen molar-refractivity contribution in [1.29, 1.82) is 0 Å². The second-order valence-corrected chi connectivity index (χ2v) is 6.49. The Hall–Kier alpha value is -0.900. The van der Waals surface area contributed by atoms with Crippen LogP contribution in [0.25, 0.3) is 0 Å². The van der Waals surface area contributed by atoms with Gasteiger partial charge in [0.15, 0.2) is 0 Å². The Morgan fingerprint density at radius 2 is 2.00 bits per heavy atom. The highest BCUT2D eigenvalue weighted by Crippen LogP contribution is 2.30. The fraction of sp³-hybridized carbons (Fsp3) is 0.667. The zero-order chi connectivity index (χ0) is 15.1. The summed E-state index contributed by atoms with van der Waals surface area (Å²) in [6, 6.07) is 11.5. The second-order valence-electron chi connectivity index (χ2n) is 6.49. The highest BCUT2D eigenvalue weighted by Gasteiger charge is 2.33. The van der Waals surface area contributed by atoms with E-state index in [9.17, 15) is 5.11 Å². The molecule has 3 heteroatoms. The Bertz CT molecular complexity index is 405. The lowest BCUT2D eigenvalue weighted by atomic mass is 9.80. The third-order valence-electron chi connectivity index (χ3n) is 4.77. The Labute approximate surface area is 129 Å². The molecule has 0 radical (unpaired) electrons. The van der Waals surface area contributed by atoms with Crippen molar-refractivity contribution in [3.05, 3.63) is 35.9 Å². The Balaban J connectivity index is 2.13. The highest BCUT2D eigenvalue weighted by atomic mass is 16.3. The summed E-state index contributed by atoms with van der Waals surface area (Å²) in [7, 11) is 0. The maximum atomic E-state index is 9.39. The minimum Gasteiger partial charge on any atom is -0.395 e. The van der Waals surface area contributed by atoms with Gasteiger partial charge in [-0.05, 0) is 24.9 Å². The number of nitrogens with zero attached hydrogens (tertiary/aromatic N) is 1. The van der Waals surface area contributed by atoms with Gasteiger partial charge in [0.1, 0.15) is 0 Å². The molecule has 1 aliphatic rings. The molecular weight excluding hydrogens is 260 g/mol. The van der Waals surface area contributed by atoms with Gasteiger partial charge in [-0.15, -0.1) is 0 Å². The zero-order valence-corrected chi connectivity index (χ0v) is 13.5. The quantitative estimate of drug-likeness (QED) is 0.733. The van der Waals surface area contributed by atoms with Crippen LogP contribution in [0.4, 0.5) is 0 Å². The first-order valence-electron chi connectivity index (χ1n) is 8.31. The van der Waals surface area contributed by atoms with Crippen LogP contribution in [0.5, 0.6) is 0 Å². The van der Waals surface area contributed by atoms with Crippen molar-refractivity contribution in [2.45, 2.75) is 44.6 Å². The minimum atomic E-state index is 0.0853. The molecule has 21 heavy (non-hydrogen) atoms. The number of hydrogen-bond acceptors (Lipinski definition) is 3. The van der Waals surface area contributed by atoms with Gasteiger partial charge < -0.3 is 10.4 Å². The van der Waals surface area contributed by atoms with Crippen LogP contribution in [0.3, 0.4) is 0 Å². The highest BCUT2D eigenvalue weighted by molar-refractivity contribution is 5.26. The molecule has 1 unspecified atom stereocenters. The van der Waals surface area contributed by atoms with Gasteiger partial charge in [0.2, 0.25) is 0 Å². The molecule has 0 aromatic heterocycles. The predicted molar refractivity (Wildman–Crippen MR) is 88.6 cm³/mol. The summed E-state index contributed by atoms with van der Waals surface area (Å²) in [6.07, 6.45) is 3.90. The normalized spacial score (nSPS) is 18.5. The summed E-state index contributed by atoms with van der Waals surface area (Å²) in [5.74, 6) is 0. The van der Waals surface area contributed by atoms with Crippen LogP contribution in [0.2, 0.25) is 0 Å². The maximum Gasteiger partial charge on any atom is 0.0558 e. The molecule has 1 aromatic carbocycles. The smallest absolute Gasteiger partial charge is 0.0558 e. The Morgan fingerprint density at radius 3 is 2.52 bits per heavy atom. The molecule has 1 fully saturated rings. The summed E-state index contributed by atoms with van der Waals surface area (Å²) < 4.78 is 0. The molecule has 1 aromatic rings. The van der Waals surface area contributed by atoms with E-state index in [1.54, 1.807) is 0 Å². The van der Waals surface area contributed by atoms with Gasteiger partial charge in [-0.1, -0.05) is 50.6 Å². The van der Waals surface area contributed by atoms with Gasteiger partial charge in [-0.3, -0.25) is 4.90 Å². The van der Waals surface area contributed by atoms with Gasteiger partial charge in [0, 0.05) is 31.1 Å². The van der Waals surface area contributed by atoms with E-state index in [0.29, 0.717) is 6.04 Å². The molecule has 1 aliphatic carbocycles. The van der Waals surface area contributed by atoms with E-state index >= 15 is 0 Å². The summed E-state index contributed by atoms with van der Waals surface area (Å²) in [5, 5.41) is 12.9. The van der Waals surface area contributed by atoms with Gasteiger partial charge in [0.25, 0.3) is 0 Å². The second kappa shape index (κ2) is 7.92. The fourth-order valence-electron chi connectivity index (χ4n) is 3.21. The maximum absolute atomic E-state index is 9.39. The summed E-state index contributed by atoms with van der Waals surface area (Å²) in [6.45, 7) is 8.52. The summed E-state index contributed by atoms with van der Waals surface area (Å²) >= 11 is 0. The monoisotopic (exact) mass is 290 g/mol. The van der Waals surface area contributed by atoms with E-state index in [4.69, 9.17) is 0 Å². The van der Waals surface area contributed by atoms with E-state index < -0.39 is 0 Å². The molecule has 118 valence electrons. The van der Waals surface area contributed by atoms with Crippen molar-refractivity contribution in [3.8, 4) is 0 Å². The molecule has 1 saturated carbocycles. The van der Waals surface area contributed by atoms with Crippen molar-refractivity contribution in [2.75, 3.05) is 32.8 Å². The lowest BCUT2D eigenvalue weighted by Gasteiger charge is -2.43. The van der Waals surface area contributed by atoms with E-state index in [-0.39, 0.29) is 12.0 Å². The van der Waals surface area contributed by atoms with E-state index in [1.807, 2.05) is 0 Å². The third-order valence-corrected chi connectivity index (χ3v) is 4.77. The molecule has 0 saturated heterocycles. The average Bonchev–Trinajstić information content (AvgIpc) is 2.44. The van der Waals surface area contributed by atoms with Crippen molar-refractivity contribution in [3.63, 3.8) is 0 Å². The van der Waals surface area contributed by atoms with Crippen LogP contribution in [-0.4, -0.2) is 48.8 Å². The molecule has 0 bridgehead atoms. The topological polar surface area (TPSA) is 35.5 Å². The largest absolute Gasteiger partial charge is 0.395 e.